The van der Waals surface area contributed by atoms with Crippen LogP contribution in [0.2, 0.25) is 5.02 Å². The Morgan fingerprint density at radius 2 is 2.14 bits per heavy atom. The van der Waals surface area contributed by atoms with E-state index in [0.29, 0.717) is 17.9 Å². The minimum absolute atomic E-state index is 0.338. The van der Waals surface area contributed by atoms with E-state index in [4.69, 9.17) is 22.1 Å². The van der Waals surface area contributed by atoms with Crippen LogP contribution in [0.3, 0.4) is 0 Å². The van der Waals surface area contributed by atoms with Crippen LogP contribution in [0.5, 0.6) is 5.75 Å². The molecule has 2 rings (SSSR count). The smallest absolute Gasteiger partial charge is 0.127 e. The lowest BCUT2D eigenvalue weighted by Crippen LogP contribution is -2.21. The van der Waals surface area contributed by atoms with Crippen molar-refractivity contribution >= 4 is 11.6 Å². The SMILES string of the molecule is COc1c(C(C)C)cc(Cl)c(C)c1C1CC(CN)CN1C. The van der Waals surface area contributed by atoms with Gasteiger partial charge >= 0.3 is 0 Å². The average Bonchev–Trinajstić information content (AvgIpc) is 2.81. The first-order valence-electron chi connectivity index (χ1n) is 7.67. The minimum atomic E-state index is 0.338. The lowest BCUT2D eigenvalue weighted by atomic mass is 9.90. The van der Waals surface area contributed by atoms with Crippen molar-refractivity contribution in [2.45, 2.75) is 39.2 Å². The molecule has 118 valence electrons. The van der Waals surface area contributed by atoms with E-state index in [1.54, 1.807) is 7.11 Å². The molecule has 0 bridgehead atoms. The van der Waals surface area contributed by atoms with Crippen molar-refractivity contribution in [1.29, 1.82) is 0 Å². The van der Waals surface area contributed by atoms with Crippen molar-refractivity contribution in [3.8, 4) is 5.75 Å². The molecule has 1 heterocycles. The maximum atomic E-state index is 6.49. The number of nitrogens with two attached hydrogens (primary N) is 1. The van der Waals surface area contributed by atoms with Gasteiger partial charge in [0.15, 0.2) is 0 Å². The number of rotatable bonds is 4. The number of benzene rings is 1. The summed E-state index contributed by atoms with van der Waals surface area (Å²) >= 11 is 6.49. The molecule has 1 aromatic rings. The van der Waals surface area contributed by atoms with Gasteiger partial charge in [-0.25, -0.2) is 0 Å². The van der Waals surface area contributed by atoms with Crippen molar-refractivity contribution in [1.82, 2.24) is 4.90 Å². The van der Waals surface area contributed by atoms with Crippen LogP contribution in [0.25, 0.3) is 0 Å². The molecule has 2 atom stereocenters. The summed E-state index contributed by atoms with van der Waals surface area (Å²) in [7, 11) is 3.92. The van der Waals surface area contributed by atoms with Gasteiger partial charge in [-0.1, -0.05) is 25.4 Å². The van der Waals surface area contributed by atoms with E-state index in [9.17, 15) is 0 Å². The van der Waals surface area contributed by atoms with E-state index in [-0.39, 0.29) is 0 Å². The molecule has 2 N–H and O–H groups in total. The Labute approximate surface area is 133 Å². The summed E-state index contributed by atoms with van der Waals surface area (Å²) in [5.74, 6) is 1.93. The number of hydrogen-bond acceptors (Lipinski definition) is 3. The fourth-order valence-electron chi connectivity index (χ4n) is 3.44. The monoisotopic (exact) mass is 310 g/mol. The Hall–Kier alpha value is -0.770. The van der Waals surface area contributed by atoms with Crippen LogP contribution in [0, 0.1) is 12.8 Å². The van der Waals surface area contributed by atoms with Gasteiger partial charge in [0.25, 0.3) is 0 Å². The van der Waals surface area contributed by atoms with Gasteiger partial charge in [-0.2, -0.15) is 0 Å². The molecule has 0 radical (unpaired) electrons. The highest BCUT2D eigenvalue weighted by molar-refractivity contribution is 6.31. The summed E-state index contributed by atoms with van der Waals surface area (Å²) in [5.41, 5.74) is 9.43. The van der Waals surface area contributed by atoms with Gasteiger partial charge in [0.2, 0.25) is 0 Å². The fourth-order valence-corrected chi connectivity index (χ4v) is 3.66. The molecule has 1 saturated heterocycles. The molecule has 3 nitrogen and oxygen atoms in total. The van der Waals surface area contributed by atoms with Gasteiger partial charge in [-0.05, 0) is 56.0 Å². The number of hydrogen-bond donors (Lipinski definition) is 1. The molecular formula is C17H27ClN2O. The maximum Gasteiger partial charge on any atom is 0.127 e. The Bertz CT molecular complexity index is 516. The van der Waals surface area contributed by atoms with Gasteiger partial charge in [0.1, 0.15) is 5.75 Å². The quantitative estimate of drug-likeness (QED) is 0.921. The lowest BCUT2D eigenvalue weighted by molar-refractivity contribution is 0.301. The van der Waals surface area contributed by atoms with Crippen molar-refractivity contribution in [3.05, 3.63) is 27.8 Å². The zero-order valence-corrected chi connectivity index (χ0v) is 14.5. The minimum Gasteiger partial charge on any atom is -0.496 e. The van der Waals surface area contributed by atoms with Crippen LogP contribution >= 0.6 is 11.6 Å². The molecule has 0 amide bonds. The topological polar surface area (TPSA) is 38.5 Å². The number of halogens is 1. The van der Waals surface area contributed by atoms with Gasteiger partial charge in [-0.15, -0.1) is 0 Å². The van der Waals surface area contributed by atoms with Crippen LogP contribution in [0.15, 0.2) is 6.07 Å². The van der Waals surface area contributed by atoms with E-state index >= 15 is 0 Å². The van der Waals surface area contributed by atoms with Crippen LogP contribution in [0.4, 0.5) is 0 Å². The largest absolute Gasteiger partial charge is 0.496 e. The highest BCUT2D eigenvalue weighted by Crippen LogP contribution is 2.45. The van der Waals surface area contributed by atoms with Crippen LogP contribution in [0.1, 0.15) is 48.9 Å². The van der Waals surface area contributed by atoms with Crippen molar-refractivity contribution in [3.63, 3.8) is 0 Å². The van der Waals surface area contributed by atoms with E-state index in [2.05, 4.69) is 38.8 Å². The average molecular weight is 311 g/mol. The second kappa shape index (κ2) is 6.55. The van der Waals surface area contributed by atoms with Gasteiger partial charge in [-0.3, -0.25) is 4.90 Å². The zero-order valence-electron chi connectivity index (χ0n) is 13.7. The molecule has 0 spiro atoms. The first-order valence-corrected chi connectivity index (χ1v) is 8.05. The molecule has 1 aliphatic heterocycles. The molecular weight excluding hydrogens is 284 g/mol. The normalized spacial score (nSPS) is 23.0. The van der Waals surface area contributed by atoms with Crippen LogP contribution < -0.4 is 10.5 Å². The Kier molecular flexibility index (Phi) is 5.18. The zero-order chi connectivity index (χ0) is 15.7. The molecule has 0 aromatic heterocycles. The highest BCUT2D eigenvalue weighted by atomic mass is 35.5. The van der Waals surface area contributed by atoms with Crippen molar-refractivity contribution < 1.29 is 4.74 Å². The van der Waals surface area contributed by atoms with E-state index in [1.165, 1.54) is 11.1 Å². The number of likely N-dealkylation sites (tertiary alicyclic amines) is 1. The number of nitrogens with zero attached hydrogens (tertiary/aromatic N) is 1. The van der Waals surface area contributed by atoms with E-state index < -0.39 is 0 Å². The van der Waals surface area contributed by atoms with Gasteiger partial charge in [0.05, 0.1) is 7.11 Å². The summed E-state index contributed by atoms with van der Waals surface area (Å²) in [6, 6.07) is 2.39. The summed E-state index contributed by atoms with van der Waals surface area (Å²) in [5, 5.41) is 0.832. The Morgan fingerprint density at radius 1 is 1.48 bits per heavy atom. The summed E-state index contributed by atoms with van der Waals surface area (Å²) in [4.78, 5) is 2.38. The number of ether oxygens (including phenoxy) is 1. The van der Waals surface area contributed by atoms with Crippen LogP contribution in [-0.2, 0) is 0 Å². The predicted octanol–water partition coefficient (Wildman–Crippen LogP) is 3.73. The molecule has 1 aromatic carbocycles. The molecule has 0 saturated carbocycles. The van der Waals surface area contributed by atoms with Crippen LogP contribution in [-0.4, -0.2) is 32.1 Å². The summed E-state index contributed by atoms with van der Waals surface area (Å²) in [6.45, 7) is 8.21. The standard InChI is InChI=1S/C17H27ClN2O/c1-10(2)13-7-14(18)11(3)16(17(13)21-5)15-6-12(8-19)9-20(15)4/h7,10,12,15H,6,8-9,19H2,1-5H3. The highest BCUT2D eigenvalue weighted by Gasteiger charge is 2.34. The Morgan fingerprint density at radius 3 is 2.62 bits per heavy atom. The Balaban J connectivity index is 2.56. The molecule has 1 aliphatic rings. The maximum absolute atomic E-state index is 6.49. The third-order valence-corrected chi connectivity index (χ3v) is 5.07. The third kappa shape index (κ3) is 3.05. The van der Waals surface area contributed by atoms with Crippen molar-refractivity contribution in [2.24, 2.45) is 11.7 Å². The number of methoxy groups -OCH3 is 1. The van der Waals surface area contributed by atoms with E-state index in [1.807, 2.05) is 0 Å². The van der Waals surface area contributed by atoms with Gasteiger partial charge < -0.3 is 10.5 Å². The molecule has 2 unspecified atom stereocenters. The molecule has 1 fully saturated rings. The van der Waals surface area contributed by atoms with Crippen molar-refractivity contribution in [2.75, 3.05) is 27.2 Å². The molecule has 4 heteroatoms. The second-order valence-electron chi connectivity index (χ2n) is 6.47. The second-order valence-corrected chi connectivity index (χ2v) is 6.87. The molecule has 21 heavy (non-hydrogen) atoms. The first-order chi connectivity index (χ1) is 9.90. The molecule has 0 aliphatic carbocycles. The lowest BCUT2D eigenvalue weighted by Gasteiger charge is -2.27. The summed E-state index contributed by atoms with van der Waals surface area (Å²) in [6.07, 6.45) is 1.07. The van der Waals surface area contributed by atoms with Gasteiger partial charge in [0, 0.05) is 23.2 Å². The van der Waals surface area contributed by atoms with E-state index in [0.717, 1.165) is 35.8 Å². The third-order valence-electron chi connectivity index (χ3n) is 4.68. The fraction of sp³-hybridized carbons (Fsp3) is 0.647. The summed E-state index contributed by atoms with van der Waals surface area (Å²) < 4.78 is 5.79. The first kappa shape index (κ1) is 16.6. The predicted molar refractivity (Wildman–Crippen MR) is 89.4 cm³/mol.